The Bertz CT molecular complexity index is 191. The molecule has 0 aromatic heterocycles. The van der Waals surface area contributed by atoms with Crippen LogP contribution in [0.15, 0.2) is 0 Å². The summed E-state index contributed by atoms with van der Waals surface area (Å²) in [5, 5.41) is 3.44. The molecule has 3 heteroatoms. The van der Waals surface area contributed by atoms with E-state index in [4.69, 9.17) is 4.74 Å². The molecule has 0 radical (unpaired) electrons. The molecule has 0 bridgehead atoms. The summed E-state index contributed by atoms with van der Waals surface area (Å²) in [7, 11) is 0. The van der Waals surface area contributed by atoms with E-state index in [1.807, 2.05) is 0 Å². The third-order valence-electron chi connectivity index (χ3n) is 4.09. The summed E-state index contributed by atoms with van der Waals surface area (Å²) in [5.41, 5.74) is 0. The molecule has 3 heterocycles. The molecular formula is C11H20N2O. The lowest BCUT2D eigenvalue weighted by Gasteiger charge is -2.31. The topological polar surface area (TPSA) is 24.5 Å². The van der Waals surface area contributed by atoms with Crippen molar-refractivity contribution < 1.29 is 4.74 Å². The van der Waals surface area contributed by atoms with Gasteiger partial charge in [0.2, 0.25) is 0 Å². The summed E-state index contributed by atoms with van der Waals surface area (Å²) >= 11 is 0. The van der Waals surface area contributed by atoms with Crippen LogP contribution in [-0.4, -0.2) is 50.3 Å². The van der Waals surface area contributed by atoms with Crippen molar-refractivity contribution in [3.05, 3.63) is 0 Å². The predicted molar refractivity (Wildman–Crippen MR) is 55.3 cm³/mol. The van der Waals surface area contributed by atoms with Crippen molar-refractivity contribution in [3.8, 4) is 0 Å². The number of ether oxygens (including phenoxy) is 1. The molecule has 0 spiro atoms. The molecule has 0 amide bonds. The van der Waals surface area contributed by atoms with Crippen LogP contribution >= 0.6 is 0 Å². The highest BCUT2D eigenvalue weighted by Crippen LogP contribution is 2.31. The molecule has 3 fully saturated rings. The molecule has 3 saturated heterocycles. The van der Waals surface area contributed by atoms with Crippen molar-refractivity contribution >= 4 is 0 Å². The number of nitrogens with zero attached hydrogens (tertiary/aromatic N) is 1. The standard InChI is InChI=1S/C11H20N2O/c1-3-12-4-2-11(1)13-5-9-7-14-8-10(9)6-13/h9-12H,1-8H2/t9-,10-/m0/s1. The Labute approximate surface area is 85.8 Å². The Morgan fingerprint density at radius 3 is 2.29 bits per heavy atom. The number of nitrogens with one attached hydrogen (secondary N) is 1. The molecule has 3 aliphatic rings. The molecule has 3 aliphatic heterocycles. The minimum absolute atomic E-state index is 0.852. The second kappa shape index (κ2) is 3.80. The minimum atomic E-state index is 0.852. The first-order chi connectivity index (χ1) is 6.93. The SMILES string of the molecule is C1CC(N2C[C@H]3COC[C@@H]3C2)CCN1. The summed E-state index contributed by atoms with van der Waals surface area (Å²) in [6.45, 7) is 7.07. The lowest BCUT2D eigenvalue weighted by atomic mass is 10.0. The van der Waals surface area contributed by atoms with E-state index in [1.165, 1.54) is 39.0 Å². The molecule has 0 unspecified atom stereocenters. The molecule has 0 aromatic carbocycles. The van der Waals surface area contributed by atoms with Gasteiger partial charge < -0.3 is 10.1 Å². The van der Waals surface area contributed by atoms with E-state index in [0.29, 0.717) is 0 Å². The molecule has 0 saturated carbocycles. The van der Waals surface area contributed by atoms with Crippen LogP contribution in [-0.2, 0) is 4.74 Å². The normalized spacial score (nSPS) is 40.3. The molecule has 14 heavy (non-hydrogen) atoms. The number of rotatable bonds is 1. The molecule has 3 nitrogen and oxygen atoms in total. The van der Waals surface area contributed by atoms with Crippen molar-refractivity contribution in [3.63, 3.8) is 0 Å². The first-order valence-corrected chi connectivity index (χ1v) is 5.96. The maximum atomic E-state index is 5.51. The monoisotopic (exact) mass is 196 g/mol. The fourth-order valence-electron chi connectivity index (χ4n) is 3.19. The van der Waals surface area contributed by atoms with Gasteiger partial charge in [0.1, 0.15) is 0 Å². The zero-order valence-corrected chi connectivity index (χ0v) is 8.74. The summed E-state index contributed by atoms with van der Waals surface area (Å²) in [6, 6.07) is 0.863. The van der Waals surface area contributed by atoms with Crippen LogP contribution in [0, 0.1) is 11.8 Å². The molecule has 80 valence electrons. The number of piperidine rings is 1. The van der Waals surface area contributed by atoms with Gasteiger partial charge in [0, 0.05) is 31.0 Å². The third-order valence-corrected chi connectivity index (χ3v) is 4.09. The van der Waals surface area contributed by atoms with Crippen molar-refractivity contribution in [1.29, 1.82) is 0 Å². The Morgan fingerprint density at radius 2 is 1.64 bits per heavy atom. The summed E-state index contributed by atoms with van der Waals surface area (Å²) in [6.07, 6.45) is 2.70. The molecule has 0 aromatic rings. The zero-order valence-electron chi connectivity index (χ0n) is 8.74. The summed E-state index contributed by atoms with van der Waals surface area (Å²) in [4.78, 5) is 2.72. The molecular weight excluding hydrogens is 176 g/mol. The number of likely N-dealkylation sites (tertiary alicyclic amines) is 1. The first-order valence-electron chi connectivity index (χ1n) is 5.96. The average Bonchev–Trinajstić information content (AvgIpc) is 2.78. The predicted octanol–water partition coefficient (Wildman–Crippen LogP) is 0.317. The molecule has 2 atom stereocenters. The lowest BCUT2D eigenvalue weighted by molar-refractivity contribution is 0.128. The van der Waals surface area contributed by atoms with E-state index < -0.39 is 0 Å². The Balaban J connectivity index is 1.59. The first kappa shape index (κ1) is 9.13. The second-order valence-corrected chi connectivity index (χ2v) is 4.99. The van der Waals surface area contributed by atoms with Crippen LogP contribution in [0.4, 0.5) is 0 Å². The van der Waals surface area contributed by atoms with Gasteiger partial charge in [-0.1, -0.05) is 0 Å². The zero-order chi connectivity index (χ0) is 9.38. The summed E-state index contributed by atoms with van der Waals surface area (Å²) in [5.74, 6) is 1.70. The van der Waals surface area contributed by atoms with Crippen LogP contribution in [0.5, 0.6) is 0 Å². The minimum Gasteiger partial charge on any atom is -0.381 e. The van der Waals surface area contributed by atoms with Crippen molar-refractivity contribution in [2.75, 3.05) is 39.4 Å². The third kappa shape index (κ3) is 1.58. The van der Waals surface area contributed by atoms with Crippen LogP contribution in [0.2, 0.25) is 0 Å². The van der Waals surface area contributed by atoms with Gasteiger partial charge in [-0.2, -0.15) is 0 Å². The van der Waals surface area contributed by atoms with E-state index in [0.717, 1.165) is 31.1 Å². The lowest BCUT2D eigenvalue weighted by Crippen LogP contribution is -2.42. The van der Waals surface area contributed by atoms with Crippen LogP contribution in [0.25, 0.3) is 0 Å². The van der Waals surface area contributed by atoms with Gasteiger partial charge in [-0.25, -0.2) is 0 Å². The van der Waals surface area contributed by atoms with E-state index in [-0.39, 0.29) is 0 Å². The smallest absolute Gasteiger partial charge is 0.0510 e. The van der Waals surface area contributed by atoms with Crippen molar-refractivity contribution in [2.45, 2.75) is 18.9 Å². The number of fused-ring (bicyclic) bond motifs is 1. The van der Waals surface area contributed by atoms with Gasteiger partial charge >= 0.3 is 0 Å². The fourth-order valence-corrected chi connectivity index (χ4v) is 3.19. The van der Waals surface area contributed by atoms with Crippen LogP contribution in [0.3, 0.4) is 0 Å². The maximum Gasteiger partial charge on any atom is 0.0510 e. The van der Waals surface area contributed by atoms with Crippen molar-refractivity contribution in [1.82, 2.24) is 10.2 Å². The molecule has 3 rings (SSSR count). The molecule has 1 N–H and O–H groups in total. The van der Waals surface area contributed by atoms with Gasteiger partial charge in [0.15, 0.2) is 0 Å². The van der Waals surface area contributed by atoms with Gasteiger partial charge in [0.25, 0.3) is 0 Å². The largest absolute Gasteiger partial charge is 0.381 e. The Hall–Kier alpha value is -0.120. The van der Waals surface area contributed by atoms with Gasteiger partial charge in [0.05, 0.1) is 13.2 Å². The maximum absolute atomic E-state index is 5.51. The Morgan fingerprint density at radius 1 is 1.00 bits per heavy atom. The average molecular weight is 196 g/mol. The van der Waals surface area contributed by atoms with Gasteiger partial charge in [-0.3, -0.25) is 4.90 Å². The van der Waals surface area contributed by atoms with E-state index in [2.05, 4.69) is 10.2 Å². The molecule has 0 aliphatic carbocycles. The van der Waals surface area contributed by atoms with E-state index >= 15 is 0 Å². The highest BCUT2D eigenvalue weighted by atomic mass is 16.5. The quantitative estimate of drug-likeness (QED) is 0.653. The summed E-state index contributed by atoms with van der Waals surface area (Å²) < 4.78 is 5.51. The highest BCUT2D eigenvalue weighted by molar-refractivity contribution is 4.91. The van der Waals surface area contributed by atoms with Crippen molar-refractivity contribution in [2.24, 2.45) is 11.8 Å². The highest BCUT2D eigenvalue weighted by Gasteiger charge is 2.39. The number of hydrogen-bond donors (Lipinski definition) is 1. The second-order valence-electron chi connectivity index (χ2n) is 4.99. The van der Waals surface area contributed by atoms with Gasteiger partial charge in [-0.05, 0) is 25.9 Å². The van der Waals surface area contributed by atoms with E-state index in [9.17, 15) is 0 Å². The number of hydrogen-bond acceptors (Lipinski definition) is 3. The van der Waals surface area contributed by atoms with Gasteiger partial charge in [-0.15, -0.1) is 0 Å². The van der Waals surface area contributed by atoms with Crippen LogP contribution < -0.4 is 5.32 Å². The Kier molecular flexibility index (Phi) is 2.48. The fraction of sp³-hybridized carbons (Fsp3) is 1.00. The van der Waals surface area contributed by atoms with Crippen LogP contribution in [0.1, 0.15) is 12.8 Å². The van der Waals surface area contributed by atoms with E-state index in [1.54, 1.807) is 0 Å².